The number of aliphatic imine (C=N–C) groups is 1. The van der Waals surface area contributed by atoms with E-state index in [0.29, 0.717) is 24.3 Å². The molecule has 3 aromatic carbocycles. The van der Waals surface area contributed by atoms with Crippen molar-refractivity contribution in [3.63, 3.8) is 0 Å². The molecule has 11 nitrogen and oxygen atoms in total. The Morgan fingerprint density at radius 2 is 1.62 bits per heavy atom. The maximum Gasteiger partial charge on any atom is 0.408 e. The van der Waals surface area contributed by atoms with Crippen LogP contribution in [0.4, 0.5) is 10.5 Å². The Morgan fingerprint density at radius 3 is 2.31 bits per heavy atom. The Morgan fingerprint density at radius 1 is 0.905 bits per heavy atom. The van der Waals surface area contributed by atoms with E-state index in [1.807, 2.05) is 74.5 Å². The summed E-state index contributed by atoms with van der Waals surface area (Å²) in [7, 11) is 1.56. The number of ether oxygens (including phenoxy) is 2. The van der Waals surface area contributed by atoms with Gasteiger partial charge in [0, 0.05) is 23.7 Å². The smallest absolute Gasteiger partial charge is 0.408 e. The largest absolute Gasteiger partial charge is 0.496 e. The summed E-state index contributed by atoms with van der Waals surface area (Å²) in [5.74, 6) is -0.307. The fourth-order valence-corrected chi connectivity index (χ4v) is 4.40. The maximum absolute atomic E-state index is 13.5. The van der Waals surface area contributed by atoms with E-state index in [2.05, 4.69) is 20.9 Å². The molecule has 224 valence electrons. The molecule has 0 spiro atoms. The number of benzene rings is 3. The maximum atomic E-state index is 13.5. The first-order valence-electron chi connectivity index (χ1n) is 13.9. The van der Waals surface area contributed by atoms with Gasteiger partial charge < -0.3 is 36.9 Å². The van der Waals surface area contributed by atoms with E-state index < -0.39 is 30.0 Å². The Kier molecular flexibility index (Phi) is 12.0. The van der Waals surface area contributed by atoms with Crippen LogP contribution in [0, 0.1) is 5.92 Å². The first-order valence-corrected chi connectivity index (χ1v) is 13.9. The predicted molar refractivity (Wildman–Crippen MR) is 164 cm³/mol. The number of hydrogen-bond acceptors (Lipinski definition) is 6. The number of carbonyl (C=O) groups excluding carboxylic acids is 3. The van der Waals surface area contributed by atoms with Crippen LogP contribution >= 0.6 is 0 Å². The van der Waals surface area contributed by atoms with Gasteiger partial charge in [-0.1, -0.05) is 68.4 Å². The van der Waals surface area contributed by atoms with E-state index in [-0.39, 0.29) is 31.4 Å². The third kappa shape index (κ3) is 9.99. The van der Waals surface area contributed by atoms with Crippen molar-refractivity contribution in [3.05, 3.63) is 72.3 Å². The van der Waals surface area contributed by atoms with Crippen molar-refractivity contribution < 1.29 is 23.9 Å². The number of nitrogens with one attached hydrogen (secondary N) is 3. The number of guanidine groups is 1. The zero-order chi connectivity index (χ0) is 30.5. The minimum absolute atomic E-state index is 0.0569. The minimum atomic E-state index is -0.930. The summed E-state index contributed by atoms with van der Waals surface area (Å²) in [5.41, 5.74) is 12.2. The highest BCUT2D eigenvalue weighted by Gasteiger charge is 2.28. The molecule has 2 atom stereocenters. The highest BCUT2D eigenvalue weighted by molar-refractivity contribution is 6.01. The number of hydrogen-bond donors (Lipinski definition) is 5. The summed E-state index contributed by atoms with van der Waals surface area (Å²) in [6.07, 6.45) is 0.304. The number of alkyl carbamates (subject to hydrolysis) is 1. The molecule has 3 rings (SSSR count). The van der Waals surface area contributed by atoms with Crippen molar-refractivity contribution in [3.8, 4) is 5.75 Å². The van der Waals surface area contributed by atoms with Crippen LogP contribution in [0.2, 0.25) is 0 Å². The molecule has 42 heavy (non-hydrogen) atoms. The highest BCUT2D eigenvalue weighted by Crippen LogP contribution is 2.30. The monoisotopic (exact) mass is 576 g/mol. The summed E-state index contributed by atoms with van der Waals surface area (Å²) in [4.78, 5) is 43.4. The van der Waals surface area contributed by atoms with Crippen LogP contribution in [-0.4, -0.2) is 49.6 Å². The lowest BCUT2D eigenvalue weighted by atomic mass is 10.0. The third-order valence-corrected chi connectivity index (χ3v) is 6.42. The lowest BCUT2D eigenvalue weighted by Crippen LogP contribution is -2.53. The topological polar surface area (TPSA) is 170 Å². The van der Waals surface area contributed by atoms with Gasteiger partial charge in [0.25, 0.3) is 0 Å². The standard InChI is InChI=1S/C31H40N6O5/c1-20(2)16-26(37-31(40)42-19-21-10-5-4-6-11-21)29(39)36-25(14-9-15-34-30(32)33)28(38)35-23-17-22-12-7-8-13-24(22)27(18-23)41-3/h4-8,10-13,17-18,20,25-26H,9,14-16,19H2,1-3H3,(H,35,38)(H,36,39)(H,37,40)(H4,32,33,34). The molecule has 3 aromatic rings. The summed E-state index contributed by atoms with van der Waals surface area (Å²) >= 11 is 0. The SMILES string of the molecule is COc1cc(NC(=O)C(CCCN=C(N)N)NC(=O)C(CC(C)C)NC(=O)OCc2ccccc2)cc2ccccc12. The van der Waals surface area contributed by atoms with Crippen molar-refractivity contribution in [2.75, 3.05) is 19.0 Å². The molecular weight excluding hydrogens is 536 g/mol. The number of nitrogens with zero attached hydrogens (tertiary/aromatic N) is 1. The quantitative estimate of drug-likeness (QED) is 0.111. The van der Waals surface area contributed by atoms with Crippen LogP contribution in [0.5, 0.6) is 5.75 Å². The lowest BCUT2D eigenvalue weighted by molar-refractivity contribution is -0.128. The van der Waals surface area contributed by atoms with Gasteiger partial charge in [0.15, 0.2) is 5.96 Å². The van der Waals surface area contributed by atoms with Crippen molar-refractivity contribution in [2.24, 2.45) is 22.4 Å². The Hall–Kier alpha value is -4.80. The van der Waals surface area contributed by atoms with Crippen LogP contribution in [0.1, 0.15) is 38.7 Å². The molecular formula is C31H40N6O5. The average Bonchev–Trinajstić information content (AvgIpc) is 2.96. The van der Waals surface area contributed by atoms with Gasteiger partial charge in [-0.15, -0.1) is 0 Å². The van der Waals surface area contributed by atoms with Crippen LogP contribution < -0.4 is 32.2 Å². The van der Waals surface area contributed by atoms with Gasteiger partial charge in [-0.05, 0) is 42.2 Å². The van der Waals surface area contributed by atoms with Gasteiger partial charge in [-0.3, -0.25) is 14.6 Å². The number of carbonyl (C=O) groups is 3. The van der Waals surface area contributed by atoms with E-state index in [0.717, 1.165) is 16.3 Å². The molecule has 0 saturated heterocycles. The van der Waals surface area contributed by atoms with Crippen molar-refractivity contribution in [1.29, 1.82) is 0 Å². The Labute approximate surface area is 246 Å². The van der Waals surface area contributed by atoms with Crippen molar-refractivity contribution >= 4 is 40.3 Å². The molecule has 0 aromatic heterocycles. The number of rotatable bonds is 14. The summed E-state index contributed by atoms with van der Waals surface area (Å²) in [6, 6.07) is 18.6. The fraction of sp³-hybridized carbons (Fsp3) is 0.355. The molecule has 0 aliphatic heterocycles. The van der Waals surface area contributed by atoms with Gasteiger partial charge in [0.1, 0.15) is 24.4 Å². The van der Waals surface area contributed by atoms with E-state index in [1.165, 1.54) is 0 Å². The first-order chi connectivity index (χ1) is 20.2. The molecule has 7 N–H and O–H groups in total. The Bertz CT molecular complexity index is 1370. The first kappa shape index (κ1) is 31.7. The Balaban J connectivity index is 1.74. The molecule has 0 bridgehead atoms. The van der Waals surface area contributed by atoms with E-state index in [1.54, 1.807) is 13.2 Å². The van der Waals surface area contributed by atoms with Gasteiger partial charge in [0.2, 0.25) is 11.8 Å². The van der Waals surface area contributed by atoms with Crippen LogP contribution in [0.25, 0.3) is 10.8 Å². The van der Waals surface area contributed by atoms with E-state index in [9.17, 15) is 14.4 Å². The number of fused-ring (bicyclic) bond motifs is 1. The van der Waals surface area contributed by atoms with E-state index >= 15 is 0 Å². The molecule has 11 heteroatoms. The van der Waals surface area contributed by atoms with Crippen molar-refractivity contribution in [1.82, 2.24) is 10.6 Å². The average molecular weight is 577 g/mol. The van der Waals surface area contributed by atoms with Gasteiger partial charge in [0.05, 0.1) is 7.11 Å². The minimum Gasteiger partial charge on any atom is -0.496 e. The number of nitrogens with two attached hydrogens (primary N) is 2. The highest BCUT2D eigenvalue weighted by atomic mass is 16.5. The predicted octanol–water partition coefficient (Wildman–Crippen LogP) is 3.67. The normalized spacial score (nSPS) is 12.2. The molecule has 0 heterocycles. The summed E-state index contributed by atoms with van der Waals surface area (Å²) in [6.45, 7) is 4.21. The third-order valence-electron chi connectivity index (χ3n) is 6.42. The molecule has 0 aliphatic rings. The molecule has 0 aliphatic carbocycles. The molecule has 3 amide bonds. The molecule has 0 saturated carbocycles. The van der Waals surface area contributed by atoms with Gasteiger partial charge in [-0.25, -0.2) is 4.79 Å². The summed E-state index contributed by atoms with van der Waals surface area (Å²) < 4.78 is 10.8. The second-order valence-corrected chi connectivity index (χ2v) is 10.3. The van der Waals surface area contributed by atoms with Crippen LogP contribution in [-0.2, 0) is 20.9 Å². The molecule has 0 radical (unpaired) electrons. The second kappa shape index (κ2) is 15.8. The zero-order valence-corrected chi connectivity index (χ0v) is 24.3. The molecule has 2 unspecified atom stereocenters. The lowest BCUT2D eigenvalue weighted by Gasteiger charge is -2.24. The van der Waals surface area contributed by atoms with Crippen LogP contribution in [0.15, 0.2) is 71.7 Å². The van der Waals surface area contributed by atoms with Crippen LogP contribution in [0.3, 0.4) is 0 Å². The summed E-state index contributed by atoms with van der Waals surface area (Å²) in [5, 5.41) is 10.1. The zero-order valence-electron chi connectivity index (χ0n) is 24.3. The van der Waals surface area contributed by atoms with Crippen molar-refractivity contribution in [2.45, 2.75) is 51.8 Å². The number of methoxy groups -OCH3 is 1. The van der Waals surface area contributed by atoms with Gasteiger partial charge in [-0.2, -0.15) is 0 Å². The second-order valence-electron chi connectivity index (χ2n) is 10.3. The van der Waals surface area contributed by atoms with Gasteiger partial charge >= 0.3 is 6.09 Å². The number of amides is 3. The van der Waals surface area contributed by atoms with E-state index in [4.69, 9.17) is 20.9 Å². The molecule has 0 fully saturated rings. The number of anilines is 1. The fourth-order valence-electron chi connectivity index (χ4n) is 4.40.